The van der Waals surface area contributed by atoms with Crippen LogP contribution in [-0.4, -0.2) is 48.4 Å². The molecule has 6 nitrogen and oxygen atoms in total. The fraction of sp³-hybridized carbons (Fsp3) is 0.533. The first-order valence-corrected chi connectivity index (χ1v) is 7.16. The second kappa shape index (κ2) is 6.56. The summed E-state index contributed by atoms with van der Waals surface area (Å²) in [6, 6.07) is 3.59. The first kappa shape index (κ1) is 15.3. The lowest BCUT2D eigenvalue weighted by molar-refractivity contribution is -0.115. The van der Waals surface area contributed by atoms with Gasteiger partial charge in [0.05, 0.1) is 18.4 Å². The number of pyridine rings is 1. The molecule has 0 spiro atoms. The van der Waals surface area contributed by atoms with E-state index >= 15 is 0 Å². The molecule has 1 fully saturated rings. The van der Waals surface area contributed by atoms with Gasteiger partial charge in [-0.1, -0.05) is 13.8 Å². The molecule has 114 valence electrons. The summed E-state index contributed by atoms with van der Waals surface area (Å²) >= 11 is 0. The van der Waals surface area contributed by atoms with Gasteiger partial charge in [-0.3, -0.25) is 14.8 Å². The molecule has 1 amide bonds. The summed E-state index contributed by atoms with van der Waals surface area (Å²) in [5, 5.41) is 5.90. The van der Waals surface area contributed by atoms with E-state index in [0.29, 0.717) is 11.1 Å². The summed E-state index contributed by atoms with van der Waals surface area (Å²) in [5.74, 6) is 0.671. The quantitative estimate of drug-likeness (QED) is 0.650. The minimum absolute atomic E-state index is 0.109. The van der Waals surface area contributed by atoms with Crippen molar-refractivity contribution in [2.45, 2.75) is 20.3 Å². The number of hydrogen-bond acceptors (Lipinski definition) is 3. The van der Waals surface area contributed by atoms with Crippen LogP contribution in [0, 0.1) is 5.41 Å². The van der Waals surface area contributed by atoms with Gasteiger partial charge in [-0.2, -0.15) is 0 Å². The molecule has 0 radical (unpaired) electrons. The Bertz CT molecular complexity index is 512. The number of nitrogens with one attached hydrogen (secondary N) is 2. The predicted molar refractivity (Wildman–Crippen MR) is 84.2 cm³/mol. The van der Waals surface area contributed by atoms with Crippen LogP contribution in [0.2, 0.25) is 0 Å². The number of nitrogens with zero attached hydrogens (tertiary/aromatic N) is 3. The van der Waals surface area contributed by atoms with Crippen LogP contribution in [0.4, 0.5) is 5.69 Å². The molecule has 1 aliphatic heterocycles. The number of likely N-dealkylation sites (tertiary alicyclic amines) is 1. The lowest BCUT2D eigenvalue weighted by Gasteiger charge is -2.23. The highest BCUT2D eigenvalue weighted by Crippen LogP contribution is 2.28. The summed E-state index contributed by atoms with van der Waals surface area (Å²) in [4.78, 5) is 22.3. The van der Waals surface area contributed by atoms with E-state index in [1.807, 2.05) is 6.07 Å². The zero-order chi connectivity index (χ0) is 15.3. The molecule has 1 aliphatic rings. The SMILES string of the molecule is CN=C(NCC(=O)Nc1cccnc1)N1CCC(C)(C)C1. The van der Waals surface area contributed by atoms with Crippen molar-refractivity contribution in [1.29, 1.82) is 0 Å². The van der Waals surface area contributed by atoms with Gasteiger partial charge in [0.15, 0.2) is 5.96 Å². The molecule has 2 N–H and O–H groups in total. The van der Waals surface area contributed by atoms with Gasteiger partial charge in [0, 0.05) is 26.3 Å². The fourth-order valence-electron chi connectivity index (χ4n) is 2.43. The summed E-state index contributed by atoms with van der Waals surface area (Å²) in [7, 11) is 1.74. The average molecular weight is 289 g/mol. The van der Waals surface area contributed by atoms with Crippen molar-refractivity contribution in [3.05, 3.63) is 24.5 Å². The highest BCUT2D eigenvalue weighted by atomic mass is 16.1. The third-order valence-electron chi connectivity index (χ3n) is 3.54. The van der Waals surface area contributed by atoms with Crippen LogP contribution in [0.1, 0.15) is 20.3 Å². The van der Waals surface area contributed by atoms with Gasteiger partial charge in [0.1, 0.15) is 0 Å². The van der Waals surface area contributed by atoms with Crippen molar-refractivity contribution in [3.63, 3.8) is 0 Å². The van der Waals surface area contributed by atoms with Gasteiger partial charge in [0.25, 0.3) is 0 Å². The Morgan fingerprint density at radius 2 is 2.33 bits per heavy atom. The molecule has 6 heteroatoms. The zero-order valence-corrected chi connectivity index (χ0v) is 12.9. The molecule has 0 saturated carbocycles. The van der Waals surface area contributed by atoms with Crippen LogP contribution < -0.4 is 10.6 Å². The average Bonchev–Trinajstić information content (AvgIpc) is 2.81. The van der Waals surface area contributed by atoms with Crippen LogP contribution in [0.15, 0.2) is 29.5 Å². The number of amides is 1. The van der Waals surface area contributed by atoms with Gasteiger partial charge in [-0.15, -0.1) is 0 Å². The van der Waals surface area contributed by atoms with Gasteiger partial charge in [-0.25, -0.2) is 0 Å². The second-order valence-corrected chi connectivity index (χ2v) is 6.03. The zero-order valence-electron chi connectivity index (χ0n) is 12.9. The van der Waals surface area contributed by atoms with Crippen LogP contribution in [0.5, 0.6) is 0 Å². The predicted octanol–water partition coefficient (Wildman–Crippen LogP) is 1.33. The third-order valence-corrected chi connectivity index (χ3v) is 3.54. The standard InChI is InChI=1S/C15H23N5O/c1-15(2)6-8-20(11-15)14(16-3)18-10-13(21)19-12-5-4-7-17-9-12/h4-5,7,9H,6,8,10-11H2,1-3H3,(H,16,18)(H,19,21). The molecular weight excluding hydrogens is 266 g/mol. The number of carbonyl (C=O) groups is 1. The Labute approximate surface area is 125 Å². The summed E-state index contributed by atoms with van der Waals surface area (Å²) < 4.78 is 0. The topological polar surface area (TPSA) is 69.6 Å². The van der Waals surface area contributed by atoms with Crippen molar-refractivity contribution in [2.24, 2.45) is 10.4 Å². The smallest absolute Gasteiger partial charge is 0.243 e. The highest BCUT2D eigenvalue weighted by molar-refractivity contribution is 5.94. The van der Waals surface area contributed by atoms with E-state index in [1.54, 1.807) is 25.5 Å². The first-order chi connectivity index (χ1) is 10.00. The van der Waals surface area contributed by atoms with Crippen LogP contribution in [0.3, 0.4) is 0 Å². The van der Waals surface area contributed by atoms with Crippen molar-refractivity contribution in [1.82, 2.24) is 15.2 Å². The minimum atomic E-state index is -0.109. The monoisotopic (exact) mass is 289 g/mol. The molecule has 21 heavy (non-hydrogen) atoms. The molecule has 1 aromatic heterocycles. The Morgan fingerprint density at radius 3 is 2.90 bits per heavy atom. The second-order valence-electron chi connectivity index (χ2n) is 6.03. The summed E-state index contributed by atoms with van der Waals surface area (Å²) in [6.07, 6.45) is 4.43. The molecule has 0 atom stereocenters. The van der Waals surface area contributed by atoms with Gasteiger partial charge in [-0.05, 0) is 24.0 Å². The number of carbonyl (C=O) groups excluding carboxylic acids is 1. The Morgan fingerprint density at radius 1 is 1.52 bits per heavy atom. The van der Waals surface area contributed by atoms with Crippen molar-refractivity contribution >= 4 is 17.6 Å². The van der Waals surface area contributed by atoms with E-state index in [-0.39, 0.29) is 12.5 Å². The Balaban J connectivity index is 1.82. The molecule has 0 bridgehead atoms. The highest BCUT2D eigenvalue weighted by Gasteiger charge is 2.30. The van der Waals surface area contributed by atoms with E-state index in [4.69, 9.17) is 0 Å². The van der Waals surface area contributed by atoms with Crippen LogP contribution in [-0.2, 0) is 4.79 Å². The molecule has 0 unspecified atom stereocenters. The van der Waals surface area contributed by atoms with E-state index in [1.165, 1.54) is 0 Å². The normalized spacial score (nSPS) is 17.7. The third kappa shape index (κ3) is 4.44. The van der Waals surface area contributed by atoms with E-state index in [0.717, 1.165) is 25.5 Å². The van der Waals surface area contributed by atoms with Crippen LogP contribution >= 0.6 is 0 Å². The lowest BCUT2D eigenvalue weighted by Crippen LogP contribution is -2.43. The maximum absolute atomic E-state index is 11.9. The molecule has 1 saturated heterocycles. The minimum Gasteiger partial charge on any atom is -0.347 e. The van der Waals surface area contributed by atoms with Crippen LogP contribution in [0.25, 0.3) is 0 Å². The van der Waals surface area contributed by atoms with E-state index in [2.05, 4.69) is 39.4 Å². The van der Waals surface area contributed by atoms with E-state index in [9.17, 15) is 4.79 Å². The number of aliphatic imine (C=N–C) groups is 1. The number of aromatic nitrogens is 1. The Hall–Kier alpha value is -2.11. The molecule has 0 aliphatic carbocycles. The maximum Gasteiger partial charge on any atom is 0.243 e. The van der Waals surface area contributed by atoms with Gasteiger partial charge < -0.3 is 15.5 Å². The Kier molecular flexibility index (Phi) is 4.77. The van der Waals surface area contributed by atoms with Gasteiger partial charge >= 0.3 is 0 Å². The number of hydrogen-bond donors (Lipinski definition) is 2. The molecule has 0 aromatic carbocycles. The number of rotatable bonds is 3. The van der Waals surface area contributed by atoms with Crippen molar-refractivity contribution in [2.75, 3.05) is 32.0 Å². The molecule has 2 rings (SSSR count). The van der Waals surface area contributed by atoms with Crippen molar-refractivity contribution < 1.29 is 4.79 Å². The fourth-order valence-corrected chi connectivity index (χ4v) is 2.43. The van der Waals surface area contributed by atoms with Gasteiger partial charge in [0.2, 0.25) is 5.91 Å². The molecule has 1 aromatic rings. The summed E-state index contributed by atoms with van der Waals surface area (Å²) in [6.45, 7) is 6.61. The number of anilines is 1. The largest absolute Gasteiger partial charge is 0.347 e. The van der Waals surface area contributed by atoms with Crippen molar-refractivity contribution in [3.8, 4) is 0 Å². The lowest BCUT2D eigenvalue weighted by atomic mass is 9.93. The molecular formula is C15H23N5O. The number of guanidine groups is 1. The van der Waals surface area contributed by atoms with E-state index < -0.39 is 0 Å². The summed E-state index contributed by atoms with van der Waals surface area (Å²) in [5.41, 5.74) is 0.997. The maximum atomic E-state index is 11.9. The molecule has 2 heterocycles. The first-order valence-electron chi connectivity index (χ1n) is 7.16.